The first-order valence-electron chi connectivity index (χ1n) is 6.86. The fraction of sp³-hybridized carbons (Fsp3) is 0.533. The van der Waals surface area contributed by atoms with Gasteiger partial charge in [-0.3, -0.25) is 0 Å². The maximum Gasteiger partial charge on any atom is 0.410 e. The zero-order chi connectivity index (χ0) is 13.7. The molecule has 0 radical (unpaired) electrons. The van der Waals surface area contributed by atoms with E-state index in [0.717, 1.165) is 25.2 Å². The summed E-state index contributed by atoms with van der Waals surface area (Å²) in [6.07, 6.45) is -0.205. The molecule has 0 bridgehead atoms. The zero-order valence-electron chi connectivity index (χ0n) is 12.0. The van der Waals surface area contributed by atoms with Crippen LogP contribution in [0.4, 0.5) is 4.79 Å². The van der Waals surface area contributed by atoms with E-state index in [1.54, 1.807) is 0 Å². The lowest BCUT2D eigenvalue weighted by molar-refractivity contribution is 0.0612. The lowest BCUT2D eigenvalue weighted by Crippen LogP contribution is -2.55. The minimum Gasteiger partial charge on any atom is -0.445 e. The van der Waals surface area contributed by atoms with Crippen LogP contribution in [0, 0.1) is 5.92 Å². The van der Waals surface area contributed by atoms with Crippen LogP contribution in [0.3, 0.4) is 0 Å². The lowest BCUT2D eigenvalue weighted by atomic mass is 10.0. The molecule has 1 aromatic carbocycles. The summed E-state index contributed by atoms with van der Waals surface area (Å²) in [6.45, 7) is 7.01. The maximum atomic E-state index is 12.2. The molecule has 1 N–H and O–H groups in total. The molecule has 1 aromatic rings. The fourth-order valence-electron chi connectivity index (χ4n) is 2.35. The average molecular weight is 299 g/mol. The first-order chi connectivity index (χ1) is 9.18. The van der Waals surface area contributed by atoms with Gasteiger partial charge in [-0.1, -0.05) is 44.2 Å². The number of amides is 1. The molecule has 0 saturated carbocycles. The predicted molar refractivity (Wildman–Crippen MR) is 82.1 cm³/mol. The highest BCUT2D eigenvalue weighted by Gasteiger charge is 2.29. The fourth-order valence-corrected chi connectivity index (χ4v) is 2.35. The predicted octanol–water partition coefficient (Wildman–Crippen LogP) is 2.67. The van der Waals surface area contributed by atoms with Crippen LogP contribution in [-0.2, 0) is 11.3 Å². The Morgan fingerprint density at radius 2 is 2.10 bits per heavy atom. The van der Waals surface area contributed by atoms with Gasteiger partial charge in [-0.15, -0.1) is 12.4 Å². The van der Waals surface area contributed by atoms with E-state index in [0.29, 0.717) is 12.5 Å². The maximum absolute atomic E-state index is 12.2. The average Bonchev–Trinajstić information content (AvgIpc) is 2.46. The van der Waals surface area contributed by atoms with Crippen molar-refractivity contribution in [1.29, 1.82) is 0 Å². The van der Waals surface area contributed by atoms with Crippen LogP contribution in [-0.4, -0.2) is 36.7 Å². The van der Waals surface area contributed by atoms with Crippen molar-refractivity contribution >= 4 is 18.5 Å². The second-order valence-corrected chi connectivity index (χ2v) is 5.25. The highest BCUT2D eigenvalue weighted by atomic mass is 35.5. The molecule has 5 heteroatoms. The number of benzene rings is 1. The Morgan fingerprint density at radius 1 is 1.40 bits per heavy atom. The molecular weight excluding hydrogens is 276 g/mol. The van der Waals surface area contributed by atoms with E-state index >= 15 is 0 Å². The van der Waals surface area contributed by atoms with Crippen LogP contribution in [0.25, 0.3) is 0 Å². The van der Waals surface area contributed by atoms with Crippen LogP contribution in [0.15, 0.2) is 30.3 Å². The Morgan fingerprint density at radius 3 is 2.75 bits per heavy atom. The van der Waals surface area contributed by atoms with Crippen LogP contribution in [0.2, 0.25) is 0 Å². The molecule has 1 aliphatic rings. The van der Waals surface area contributed by atoms with Gasteiger partial charge >= 0.3 is 6.09 Å². The first-order valence-corrected chi connectivity index (χ1v) is 6.86. The second kappa shape index (κ2) is 8.12. The number of hydrogen-bond donors (Lipinski definition) is 1. The highest BCUT2D eigenvalue weighted by molar-refractivity contribution is 5.85. The van der Waals surface area contributed by atoms with Crippen molar-refractivity contribution < 1.29 is 9.53 Å². The molecule has 112 valence electrons. The summed E-state index contributed by atoms with van der Waals surface area (Å²) in [4.78, 5) is 14.0. The van der Waals surface area contributed by atoms with Crippen LogP contribution < -0.4 is 5.32 Å². The normalized spacial score (nSPS) is 18.6. The summed E-state index contributed by atoms with van der Waals surface area (Å²) in [5.41, 5.74) is 1.02. The van der Waals surface area contributed by atoms with Crippen molar-refractivity contribution in [2.75, 3.05) is 19.6 Å². The molecule has 4 nitrogen and oxygen atoms in total. The number of rotatable bonds is 3. The van der Waals surface area contributed by atoms with E-state index < -0.39 is 0 Å². The molecule has 1 atom stereocenters. The Hall–Kier alpha value is -1.26. The van der Waals surface area contributed by atoms with Crippen molar-refractivity contribution in [3.63, 3.8) is 0 Å². The summed E-state index contributed by atoms with van der Waals surface area (Å²) in [7, 11) is 0. The number of nitrogens with zero attached hydrogens (tertiary/aromatic N) is 1. The van der Waals surface area contributed by atoms with Crippen molar-refractivity contribution in [3.8, 4) is 0 Å². The number of carbonyl (C=O) groups is 1. The monoisotopic (exact) mass is 298 g/mol. The molecule has 1 fully saturated rings. The lowest BCUT2D eigenvalue weighted by Gasteiger charge is -2.37. The highest BCUT2D eigenvalue weighted by Crippen LogP contribution is 2.14. The van der Waals surface area contributed by atoms with Crippen LogP contribution in [0.1, 0.15) is 19.4 Å². The number of carbonyl (C=O) groups excluding carboxylic acids is 1. The Balaban J connectivity index is 0.00000200. The van der Waals surface area contributed by atoms with Crippen molar-refractivity contribution in [2.24, 2.45) is 5.92 Å². The summed E-state index contributed by atoms with van der Waals surface area (Å²) in [6, 6.07) is 10.00. The molecule has 0 aromatic heterocycles. The SMILES string of the molecule is CC(C)[C@H]1CNCCN1C(=O)OCc1ccccc1.Cl. The minimum absolute atomic E-state index is 0. The van der Waals surface area contributed by atoms with E-state index in [-0.39, 0.29) is 24.5 Å². The molecule has 20 heavy (non-hydrogen) atoms. The van der Waals surface area contributed by atoms with E-state index in [1.807, 2.05) is 35.2 Å². The van der Waals surface area contributed by atoms with E-state index in [2.05, 4.69) is 19.2 Å². The number of halogens is 1. The summed E-state index contributed by atoms with van der Waals surface area (Å²) >= 11 is 0. The molecule has 1 saturated heterocycles. The van der Waals surface area contributed by atoms with E-state index in [9.17, 15) is 4.79 Å². The third kappa shape index (κ3) is 4.39. The van der Waals surface area contributed by atoms with E-state index in [1.165, 1.54) is 0 Å². The van der Waals surface area contributed by atoms with Gasteiger partial charge in [-0.05, 0) is 11.5 Å². The van der Waals surface area contributed by atoms with Gasteiger partial charge in [0.25, 0.3) is 0 Å². The van der Waals surface area contributed by atoms with Gasteiger partial charge < -0.3 is 15.0 Å². The number of piperazine rings is 1. The first kappa shape index (κ1) is 16.8. The second-order valence-electron chi connectivity index (χ2n) is 5.25. The molecule has 0 spiro atoms. The molecule has 0 aliphatic carbocycles. The quantitative estimate of drug-likeness (QED) is 0.933. The summed E-state index contributed by atoms with van der Waals surface area (Å²) < 4.78 is 5.41. The smallest absolute Gasteiger partial charge is 0.410 e. The Kier molecular flexibility index (Phi) is 6.82. The number of ether oxygens (including phenoxy) is 1. The third-order valence-corrected chi connectivity index (χ3v) is 3.49. The molecule has 1 amide bonds. The van der Waals surface area contributed by atoms with Gasteiger partial charge in [0, 0.05) is 25.7 Å². The van der Waals surface area contributed by atoms with Crippen molar-refractivity contribution in [3.05, 3.63) is 35.9 Å². The van der Waals surface area contributed by atoms with Gasteiger partial charge in [0.1, 0.15) is 6.61 Å². The largest absolute Gasteiger partial charge is 0.445 e. The van der Waals surface area contributed by atoms with E-state index in [4.69, 9.17) is 4.74 Å². The Labute approximate surface area is 126 Å². The van der Waals surface area contributed by atoms with Crippen molar-refractivity contribution in [2.45, 2.75) is 26.5 Å². The molecule has 1 heterocycles. The molecule has 2 rings (SSSR count). The molecular formula is C15H23ClN2O2. The van der Waals surface area contributed by atoms with Gasteiger partial charge in [0.2, 0.25) is 0 Å². The summed E-state index contributed by atoms with van der Waals surface area (Å²) in [5.74, 6) is 0.428. The molecule has 0 unspecified atom stereocenters. The van der Waals surface area contributed by atoms with Crippen LogP contribution in [0.5, 0.6) is 0 Å². The Bertz CT molecular complexity index is 412. The van der Waals surface area contributed by atoms with Gasteiger partial charge in [-0.2, -0.15) is 0 Å². The summed E-state index contributed by atoms with van der Waals surface area (Å²) in [5, 5.41) is 3.33. The van der Waals surface area contributed by atoms with Gasteiger partial charge in [0.15, 0.2) is 0 Å². The molecule has 1 aliphatic heterocycles. The topological polar surface area (TPSA) is 41.6 Å². The van der Waals surface area contributed by atoms with Gasteiger partial charge in [-0.25, -0.2) is 4.79 Å². The standard InChI is InChI=1S/C15H22N2O2.ClH/c1-12(2)14-10-16-8-9-17(14)15(18)19-11-13-6-4-3-5-7-13;/h3-7,12,14,16H,8-11H2,1-2H3;1H/t14-;/m1./s1. The third-order valence-electron chi connectivity index (χ3n) is 3.49. The van der Waals surface area contributed by atoms with Crippen LogP contribution >= 0.6 is 12.4 Å². The zero-order valence-corrected chi connectivity index (χ0v) is 12.9. The van der Waals surface area contributed by atoms with Crippen molar-refractivity contribution in [1.82, 2.24) is 10.2 Å². The minimum atomic E-state index is -0.205. The number of hydrogen-bond acceptors (Lipinski definition) is 3. The number of nitrogens with one attached hydrogen (secondary N) is 1. The van der Waals surface area contributed by atoms with Gasteiger partial charge in [0.05, 0.1) is 0 Å².